The van der Waals surface area contributed by atoms with E-state index in [4.69, 9.17) is 0 Å². The van der Waals surface area contributed by atoms with Crippen LogP contribution in [0.5, 0.6) is 0 Å². The number of rotatable bonds is 9. The van der Waals surface area contributed by atoms with E-state index < -0.39 is 60.3 Å². The summed E-state index contributed by atoms with van der Waals surface area (Å²) in [5.41, 5.74) is 5.31. The average Bonchev–Trinajstić information content (AvgIpc) is 3.89. The Kier molecular flexibility index (Phi) is 10.5. The standard InChI is InChI=1S/C46H49F4N7O4/c47-35-19-30(20-36(48)41(35)43-42-32(11-16-56(43)25-39(49)50)31-3-1-2-4-37(31)51-42)55-14-9-27(10-15-55)21-53-12-7-26(8-13-53)22-54-23-28-17-33-34(18-29(28)24-54)46(61)57(45(33)60)38-5-6-40(58)52-44(38)59/h1-4,17-20,26-27,38-39,43,51H,5-16,21-25H2,(H,52,58,59)/t38?,43-/m1/s1. The summed E-state index contributed by atoms with van der Waals surface area (Å²) in [6.07, 6.45) is 2.04. The number of nitrogens with one attached hydrogen (secondary N) is 2. The topological polar surface area (TPSA) is 112 Å². The van der Waals surface area contributed by atoms with Gasteiger partial charge in [0.25, 0.3) is 18.2 Å². The number of hydrogen-bond donors (Lipinski definition) is 2. The fraction of sp³-hybridized carbons (Fsp3) is 0.478. The Hall–Kier alpha value is -5.12. The molecule has 6 aliphatic rings. The molecule has 1 unspecified atom stereocenters. The van der Waals surface area contributed by atoms with E-state index in [2.05, 4.69) is 20.1 Å². The van der Waals surface area contributed by atoms with Crippen LogP contribution >= 0.6 is 0 Å². The van der Waals surface area contributed by atoms with Crippen molar-refractivity contribution in [3.8, 4) is 0 Å². The zero-order valence-electron chi connectivity index (χ0n) is 33.9. The molecule has 1 aromatic heterocycles. The molecule has 3 aromatic carbocycles. The predicted molar refractivity (Wildman–Crippen MR) is 219 cm³/mol. The van der Waals surface area contributed by atoms with Crippen LogP contribution in [-0.4, -0.2) is 113 Å². The normalized spacial score (nSPS) is 23.4. The molecule has 10 rings (SSSR count). The molecule has 3 fully saturated rings. The summed E-state index contributed by atoms with van der Waals surface area (Å²) < 4.78 is 59.8. The lowest BCUT2D eigenvalue weighted by molar-refractivity contribution is -0.136. The minimum Gasteiger partial charge on any atom is -0.371 e. The summed E-state index contributed by atoms with van der Waals surface area (Å²) in [6, 6.07) is 12.1. The Labute approximate surface area is 351 Å². The van der Waals surface area contributed by atoms with Gasteiger partial charge in [0.05, 0.1) is 23.7 Å². The highest BCUT2D eigenvalue weighted by atomic mass is 19.3. The molecule has 0 radical (unpaired) electrons. The van der Waals surface area contributed by atoms with Crippen molar-refractivity contribution in [3.05, 3.63) is 99.2 Å². The minimum atomic E-state index is -2.64. The largest absolute Gasteiger partial charge is 0.371 e. The number of benzene rings is 3. The van der Waals surface area contributed by atoms with Crippen LogP contribution in [0.2, 0.25) is 0 Å². The minimum absolute atomic E-state index is 0.0862. The number of fused-ring (bicyclic) bond motifs is 5. The molecule has 0 bridgehead atoms. The van der Waals surface area contributed by atoms with Crippen LogP contribution in [0.1, 0.15) is 93.2 Å². The second-order valence-corrected chi connectivity index (χ2v) is 17.9. The van der Waals surface area contributed by atoms with Crippen LogP contribution in [0.3, 0.4) is 0 Å². The molecule has 2 N–H and O–H groups in total. The van der Waals surface area contributed by atoms with Crippen LogP contribution in [0.25, 0.3) is 10.9 Å². The van der Waals surface area contributed by atoms with Crippen molar-refractivity contribution < 1.29 is 36.7 Å². The molecule has 3 saturated heterocycles. The SMILES string of the molecule is O=C1CCC(N2C(=O)c3cc4c(cc3C2=O)CN(CC2CCN(CC3CCN(c5cc(F)c([C@@H]6c7[nH]c8ccccc8c7CCN6CC(F)F)c(F)c5)CC3)CC2)C4)C(=O)N1. The van der Waals surface area contributed by atoms with Gasteiger partial charge in [-0.2, -0.15) is 0 Å². The number of imide groups is 2. The van der Waals surface area contributed by atoms with Crippen molar-refractivity contribution in [2.24, 2.45) is 11.8 Å². The van der Waals surface area contributed by atoms with Crippen LogP contribution in [0.15, 0.2) is 48.5 Å². The van der Waals surface area contributed by atoms with Gasteiger partial charge in [-0.05, 0) is 110 Å². The van der Waals surface area contributed by atoms with Crippen molar-refractivity contribution in [3.63, 3.8) is 0 Å². The number of halogens is 4. The molecular formula is C46H49F4N7O4. The van der Waals surface area contributed by atoms with Gasteiger partial charge in [0.1, 0.15) is 17.7 Å². The molecule has 320 valence electrons. The highest BCUT2D eigenvalue weighted by Gasteiger charge is 2.46. The van der Waals surface area contributed by atoms with E-state index in [-0.39, 0.29) is 24.9 Å². The number of aromatic amines is 1. The molecule has 2 atom stereocenters. The lowest BCUT2D eigenvalue weighted by atomic mass is 9.90. The van der Waals surface area contributed by atoms with Gasteiger partial charge in [0, 0.05) is 80.1 Å². The number of carbonyl (C=O) groups is 4. The van der Waals surface area contributed by atoms with Crippen molar-refractivity contribution >= 4 is 40.2 Å². The van der Waals surface area contributed by atoms with E-state index in [1.165, 1.54) is 17.0 Å². The first kappa shape index (κ1) is 40.0. The Bertz CT molecular complexity index is 2360. The van der Waals surface area contributed by atoms with E-state index in [0.29, 0.717) is 66.9 Å². The van der Waals surface area contributed by atoms with Crippen LogP contribution < -0.4 is 10.2 Å². The molecule has 61 heavy (non-hydrogen) atoms. The average molecular weight is 840 g/mol. The molecule has 4 aromatic rings. The first-order chi connectivity index (χ1) is 29.5. The molecule has 0 spiro atoms. The molecule has 11 nitrogen and oxygen atoms in total. The van der Waals surface area contributed by atoms with Gasteiger partial charge in [-0.15, -0.1) is 0 Å². The summed E-state index contributed by atoms with van der Waals surface area (Å²) >= 11 is 0. The number of aromatic nitrogens is 1. The van der Waals surface area contributed by atoms with E-state index in [1.807, 2.05) is 41.3 Å². The zero-order chi connectivity index (χ0) is 42.1. The number of alkyl halides is 2. The van der Waals surface area contributed by atoms with E-state index >= 15 is 8.78 Å². The van der Waals surface area contributed by atoms with Gasteiger partial charge >= 0.3 is 0 Å². The molecular weight excluding hydrogens is 791 g/mol. The summed E-state index contributed by atoms with van der Waals surface area (Å²) in [5, 5.41) is 3.19. The van der Waals surface area contributed by atoms with Crippen LogP contribution in [-0.2, 0) is 29.1 Å². The van der Waals surface area contributed by atoms with Gasteiger partial charge in [-0.3, -0.25) is 39.2 Å². The van der Waals surface area contributed by atoms with Gasteiger partial charge in [-0.25, -0.2) is 17.6 Å². The maximum Gasteiger partial charge on any atom is 0.262 e. The third kappa shape index (κ3) is 7.41. The molecule has 4 amide bonds. The number of nitrogens with zero attached hydrogens (tertiary/aromatic N) is 5. The monoisotopic (exact) mass is 839 g/mol. The second kappa shape index (κ2) is 16.0. The Morgan fingerprint density at radius 2 is 1.34 bits per heavy atom. The number of hydrogen-bond acceptors (Lipinski definition) is 8. The summed E-state index contributed by atoms with van der Waals surface area (Å²) in [5.74, 6) is -2.41. The van der Waals surface area contributed by atoms with Crippen molar-refractivity contribution in [1.29, 1.82) is 0 Å². The van der Waals surface area contributed by atoms with Crippen molar-refractivity contribution in [2.45, 2.75) is 76.5 Å². The maximum atomic E-state index is 16.1. The maximum absolute atomic E-state index is 16.1. The van der Waals surface area contributed by atoms with Gasteiger partial charge in [0.2, 0.25) is 11.8 Å². The fourth-order valence-electron chi connectivity index (χ4n) is 11.0. The lowest BCUT2D eigenvalue weighted by Gasteiger charge is -2.39. The first-order valence-electron chi connectivity index (χ1n) is 21.7. The Balaban J connectivity index is 0.716. The van der Waals surface area contributed by atoms with E-state index in [9.17, 15) is 28.0 Å². The number of likely N-dealkylation sites (tertiary alicyclic amines) is 1. The number of anilines is 1. The molecule has 15 heteroatoms. The lowest BCUT2D eigenvalue weighted by Crippen LogP contribution is -2.54. The molecule has 0 aliphatic carbocycles. The van der Waals surface area contributed by atoms with Crippen molar-refractivity contribution in [2.75, 3.05) is 57.3 Å². The third-order valence-electron chi connectivity index (χ3n) is 14.1. The first-order valence-corrected chi connectivity index (χ1v) is 21.7. The van der Waals surface area contributed by atoms with Crippen LogP contribution in [0, 0.1) is 23.5 Å². The van der Waals surface area contributed by atoms with Crippen LogP contribution in [0.4, 0.5) is 23.2 Å². The number of para-hydroxylation sites is 1. The summed E-state index contributed by atoms with van der Waals surface area (Å²) in [6.45, 7) is 6.35. The number of carbonyl (C=O) groups excluding carboxylic acids is 4. The molecule has 6 aliphatic heterocycles. The summed E-state index contributed by atoms with van der Waals surface area (Å²) in [4.78, 5) is 63.5. The quantitative estimate of drug-likeness (QED) is 0.156. The predicted octanol–water partition coefficient (Wildman–Crippen LogP) is 6.00. The highest BCUT2D eigenvalue weighted by molar-refractivity contribution is 6.23. The second-order valence-electron chi connectivity index (χ2n) is 17.9. The summed E-state index contributed by atoms with van der Waals surface area (Å²) in [7, 11) is 0. The number of amides is 4. The highest BCUT2D eigenvalue weighted by Crippen LogP contribution is 2.42. The van der Waals surface area contributed by atoms with Gasteiger partial charge in [-0.1, -0.05) is 18.2 Å². The number of H-pyrrole nitrogens is 1. The third-order valence-corrected chi connectivity index (χ3v) is 14.1. The van der Waals surface area contributed by atoms with E-state index in [1.54, 1.807) is 0 Å². The van der Waals surface area contributed by atoms with E-state index in [0.717, 1.165) is 84.4 Å². The van der Waals surface area contributed by atoms with Gasteiger partial charge in [0.15, 0.2) is 0 Å². The smallest absolute Gasteiger partial charge is 0.262 e. The van der Waals surface area contributed by atoms with Crippen molar-refractivity contribution in [1.82, 2.24) is 29.9 Å². The molecule has 7 heterocycles. The zero-order valence-corrected chi connectivity index (χ0v) is 33.9. The fourth-order valence-corrected chi connectivity index (χ4v) is 11.0. The van der Waals surface area contributed by atoms with Gasteiger partial charge < -0.3 is 14.8 Å². The Morgan fingerprint density at radius 1 is 0.721 bits per heavy atom. The Morgan fingerprint density at radius 3 is 1.98 bits per heavy atom. The molecule has 0 saturated carbocycles. The number of piperidine rings is 3.